The molecule has 1 saturated carbocycles. The van der Waals surface area contributed by atoms with Gasteiger partial charge in [0.25, 0.3) is 5.91 Å². The van der Waals surface area contributed by atoms with Crippen LogP contribution in [-0.4, -0.2) is 42.3 Å². The molecule has 1 aliphatic carbocycles. The van der Waals surface area contributed by atoms with Crippen molar-refractivity contribution in [1.82, 2.24) is 4.90 Å². The highest BCUT2D eigenvalue weighted by Gasteiger charge is 2.38. The molecule has 5 heteroatoms. The molecule has 0 aromatic heterocycles. The van der Waals surface area contributed by atoms with Gasteiger partial charge in [-0.1, -0.05) is 43.2 Å². The van der Waals surface area contributed by atoms with Crippen molar-refractivity contribution < 1.29 is 19.1 Å². The second-order valence-electron chi connectivity index (χ2n) is 5.90. The van der Waals surface area contributed by atoms with E-state index in [1.165, 1.54) is 4.90 Å². The van der Waals surface area contributed by atoms with E-state index in [2.05, 4.69) is 0 Å². The molecule has 1 aromatic carbocycles. The first-order valence-electron chi connectivity index (χ1n) is 7.88. The third-order valence-electron chi connectivity index (χ3n) is 4.29. The van der Waals surface area contributed by atoms with Crippen LogP contribution in [0, 0.1) is 0 Å². The molecule has 2 amide bonds. The van der Waals surface area contributed by atoms with Crippen LogP contribution >= 0.6 is 0 Å². The molecule has 0 unspecified atom stereocenters. The quantitative estimate of drug-likeness (QED) is 0.839. The van der Waals surface area contributed by atoms with Gasteiger partial charge in [-0.25, -0.2) is 9.69 Å². The van der Waals surface area contributed by atoms with Crippen molar-refractivity contribution in [3.05, 3.63) is 35.9 Å². The lowest BCUT2D eigenvalue weighted by molar-refractivity contribution is -0.136. The summed E-state index contributed by atoms with van der Waals surface area (Å²) in [7, 11) is 0. The number of hydrogen-bond donors (Lipinski definition) is 0. The van der Waals surface area contributed by atoms with Crippen LogP contribution in [0.15, 0.2) is 30.3 Å². The van der Waals surface area contributed by atoms with E-state index in [9.17, 15) is 9.59 Å². The molecular weight excluding hydrogens is 282 g/mol. The second kappa shape index (κ2) is 6.92. The van der Waals surface area contributed by atoms with Gasteiger partial charge in [-0.3, -0.25) is 4.79 Å². The second-order valence-corrected chi connectivity index (χ2v) is 5.90. The zero-order chi connectivity index (χ0) is 15.4. The Morgan fingerprint density at radius 3 is 2.68 bits per heavy atom. The summed E-state index contributed by atoms with van der Waals surface area (Å²) in [5, 5.41) is 0. The Kier molecular flexibility index (Phi) is 4.73. The molecular formula is C17H21NO4. The minimum atomic E-state index is -0.555. The fourth-order valence-electron chi connectivity index (χ4n) is 3.12. The average Bonchev–Trinajstić information content (AvgIpc) is 3.16. The number of nitrogens with zero attached hydrogens (tertiary/aromatic N) is 1. The smallest absolute Gasteiger partial charge is 0.417 e. The maximum Gasteiger partial charge on any atom is 0.417 e. The van der Waals surface area contributed by atoms with Crippen molar-refractivity contribution >= 4 is 12.0 Å². The number of cyclic esters (lactones) is 1. The molecule has 22 heavy (non-hydrogen) atoms. The summed E-state index contributed by atoms with van der Waals surface area (Å²) in [5.74, 6) is -0.296. The van der Waals surface area contributed by atoms with Crippen molar-refractivity contribution in [1.29, 1.82) is 0 Å². The van der Waals surface area contributed by atoms with E-state index >= 15 is 0 Å². The molecule has 1 aromatic rings. The minimum absolute atomic E-state index is 0.0367. The van der Waals surface area contributed by atoms with Crippen molar-refractivity contribution in [3.63, 3.8) is 0 Å². The van der Waals surface area contributed by atoms with Gasteiger partial charge in [-0.15, -0.1) is 0 Å². The molecule has 2 aliphatic rings. The Hall–Kier alpha value is -1.88. The van der Waals surface area contributed by atoms with E-state index in [4.69, 9.17) is 9.47 Å². The summed E-state index contributed by atoms with van der Waals surface area (Å²) in [6.07, 6.45) is 4.54. The molecule has 118 valence electrons. The van der Waals surface area contributed by atoms with Gasteiger partial charge in [0.05, 0.1) is 12.1 Å². The topological polar surface area (TPSA) is 55.8 Å². The Balaban J connectivity index is 1.58. The van der Waals surface area contributed by atoms with Gasteiger partial charge in [0.15, 0.2) is 0 Å². The van der Waals surface area contributed by atoms with Gasteiger partial charge in [0.2, 0.25) is 0 Å². The zero-order valence-corrected chi connectivity index (χ0v) is 12.6. The predicted molar refractivity (Wildman–Crippen MR) is 80.3 cm³/mol. The molecule has 0 N–H and O–H groups in total. The van der Waals surface area contributed by atoms with Crippen LogP contribution in [0.25, 0.3) is 0 Å². The lowest BCUT2D eigenvalue weighted by atomic mass is 10.1. The SMILES string of the molecule is O=C(COC1CCCC1)N1C(=O)OC[C@H]1Cc1ccccc1. The number of rotatable bonds is 5. The Morgan fingerprint density at radius 2 is 1.95 bits per heavy atom. The van der Waals surface area contributed by atoms with E-state index in [0.29, 0.717) is 6.42 Å². The first-order valence-corrected chi connectivity index (χ1v) is 7.88. The minimum Gasteiger partial charge on any atom is -0.447 e. The molecule has 0 spiro atoms. The van der Waals surface area contributed by atoms with E-state index < -0.39 is 6.09 Å². The average molecular weight is 303 g/mol. The number of carbonyl (C=O) groups excluding carboxylic acids is 2. The van der Waals surface area contributed by atoms with Gasteiger partial charge >= 0.3 is 6.09 Å². The highest BCUT2D eigenvalue weighted by Crippen LogP contribution is 2.22. The zero-order valence-electron chi connectivity index (χ0n) is 12.6. The predicted octanol–water partition coefficient (Wildman–Crippen LogP) is 2.54. The van der Waals surface area contributed by atoms with Crippen LogP contribution in [0.2, 0.25) is 0 Å². The third-order valence-corrected chi connectivity index (χ3v) is 4.29. The molecule has 1 atom stereocenters. The Bertz CT molecular complexity index is 525. The normalized spacial score (nSPS) is 22.1. The van der Waals surface area contributed by atoms with Crippen molar-refractivity contribution in [3.8, 4) is 0 Å². The van der Waals surface area contributed by atoms with Crippen LogP contribution in [0.1, 0.15) is 31.2 Å². The van der Waals surface area contributed by atoms with Crippen molar-refractivity contribution in [2.45, 2.75) is 44.2 Å². The Labute approximate surface area is 130 Å². The summed E-state index contributed by atoms with van der Waals surface area (Å²) < 4.78 is 10.7. The van der Waals surface area contributed by atoms with Gasteiger partial charge in [-0.05, 0) is 24.8 Å². The third kappa shape index (κ3) is 3.47. The fourth-order valence-corrected chi connectivity index (χ4v) is 3.12. The summed E-state index contributed by atoms with van der Waals surface area (Å²) in [6.45, 7) is 0.216. The van der Waals surface area contributed by atoms with Crippen LogP contribution < -0.4 is 0 Å². The molecule has 1 aliphatic heterocycles. The molecule has 2 fully saturated rings. The van der Waals surface area contributed by atoms with Crippen LogP contribution in [0.3, 0.4) is 0 Å². The number of hydrogen-bond acceptors (Lipinski definition) is 4. The number of benzene rings is 1. The van der Waals surface area contributed by atoms with Crippen LogP contribution in [-0.2, 0) is 20.7 Å². The number of carbonyl (C=O) groups is 2. The van der Waals surface area contributed by atoms with Crippen LogP contribution in [0.4, 0.5) is 4.79 Å². The fraction of sp³-hybridized carbons (Fsp3) is 0.529. The van der Waals surface area contributed by atoms with Gasteiger partial charge in [0, 0.05) is 0 Å². The molecule has 0 radical (unpaired) electrons. The highest BCUT2D eigenvalue weighted by molar-refractivity contribution is 5.94. The first kappa shape index (κ1) is 15.0. The standard InChI is InChI=1S/C17H21NO4/c19-16(12-21-15-8-4-5-9-15)18-14(11-22-17(18)20)10-13-6-2-1-3-7-13/h1-3,6-7,14-15H,4-5,8-12H2/t14-/m1/s1. The summed E-state index contributed by atoms with van der Waals surface area (Å²) in [6, 6.07) is 9.57. The molecule has 1 heterocycles. The monoisotopic (exact) mass is 303 g/mol. The van der Waals surface area contributed by atoms with Gasteiger partial charge in [0.1, 0.15) is 13.2 Å². The maximum atomic E-state index is 12.3. The number of imide groups is 1. The summed E-state index contributed by atoms with van der Waals surface area (Å²) in [4.78, 5) is 25.4. The lowest BCUT2D eigenvalue weighted by Crippen LogP contribution is -2.42. The summed E-state index contributed by atoms with van der Waals surface area (Å²) >= 11 is 0. The largest absolute Gasteiger partial charge is 0.447 e. The van der Waals surface area contributed by atoms with E-state index in [0.717, 1.165) is 31.2 Å². The van der Waals surface area contributed by atoms with E-state index in [1.807, 2.05) is 30.3 Å². The van der Waals surface area contributed by atoms with Gasteiger partial charge < -0.3 is 9.47 Å². The number of ether oxygens (including phenoxy) is 2. The maximum absolute atomic E-state index is 12.3. The molecule has 5 nitrogen and oxygen atoms in total. The molecule has 1 saturated heterocycles. The summed E-state index contributed by atoms with van der Waals surface area (Å²) in [5.41, 5.74) is 1.08. The van der Waals surface area contributed by atoms with E-state index in [-0.39, 0.29) is 31.3 Å². The highest BCUT2D eigenvalue weighted by atomic mass is 16.6. The Morgan fingerprint density at radius 1 is 1.23 bits per heavy atom. The van der Waals surface area contributed by atoms with Crippen molar-refractivity contribution in [2.75, 3.05) is 13.2 Å². The first-order chi connectivity index (χ1) is 10.7. The van der Waals surface area contributed by atoms with Crippen LogP contribution in [0.5, 0.6) is 0 Å². The molecule has 0 bridgehead atoms. The number of amides is 2. The van der Waals surface area contributed by atoms with Gasteiger partial charge in [-0.2, -0.15) is 0 Å². The molecule has 3 rings (SSSR count). The van der Waals surface area contributed by atoms with Crippen molar-refractivity contribution in [2.24, 2.45) is 0 Å². The van der Waals surface area contributed by atoms with E-state index in [1.54, 1.807) is 0 Å². The lowest BCUT2D eigenvalue weighted by Gasteiger charge is -2.20.